The Morgan fingerprint density at radius 1 is 0.912 bits per heavy atom. The van der Waals surface area contributed by atoms with E-state index in [-0.39, 0.29) is 16.4 Å². The molecular weight excluding hydrogens is 450 g/mol. The first-order valence-corrected chi connectivity index (χ1v) is 12.1. The maximum atomic E-state index is 13.6. The standard InChI is InChI=1S/C27H23NO5S/c1-18-9-13-23(14-10-18)34(31,32)28(26(30)16-11-21-7-5-4-6-8-21)22-12-15-25-24(17-22)27(19(2)29)20(3)33-25/h4-17H,1-3H3. The SMILES string of the molecule is CC(=O)c1c(C)oc2ccc(N(C(=O)C=Cc3ccccc3)S(=O)(=O)c3ccc(C)cc3)cc12. The van der Waals surface area contributed by atoms with Gasteiger partial charge in [-0.05, 0) is 62.7 Å². The zero-order valence-corrected chi connectivity index (χ0v) is 19.8. The van der Waals surface area contributed by atoms with E-state index in [1.165, 1.54) is 37.3 Å². The largest absolute Gasteiger partial charge is 0.461 e. The number of rotatable bonds is 6. The summed E-state index contributed by atoms with van der Waals surface area (Å²) in [4.78, 5) is 25.5. The van der Waals surface area contributed by atoms with Crippen molar-refractivity contribution in [3.8, 4) is 0 Å². The molecule has 7 heteroatoms. The number of fused-ring (bicyclic) bond motifs is 1. The summed E-state index contributed by atoms with van der Waals surface area (Å²) in [5, 5.41) is 0.450. The molecule has 0 fully saturated rings. The van der Waals surface area contributed by atoms with E-state index in [1.807, 2.05) is 37.3 Å². The highest BCUT2D eigenvalue weighted by molar-refractivity contribution is 7.93. The molecule has 4 aromatic rings. The Hall–Kier alpha value is -3.97. The van der Waals surface area contributed by atoms with Crippen molar-refractivity contribution in [3.63, 3.8) is 0 Å². The van der Waals surface area contributed by atoms with Crippen LogP contribution in [0.25, 0.3) is 17.0 Å². The molecule has 1 amide bonds. The van der Waals surface area contributed by atoms with Gasteiger partial charge in [0.15, 0.2) is 5.78 Å². The van der Waals surface area contributed by atoms with Crippen LogP contribution >= 0.6 is 0 Å². The van der Waals surface area contributed by atoms with Crippen molar-refractivity contribution in [3.05, 3.63) is 101 Å². The van der Waals surface area contributed by atoms with Crippen LogP contribution in [0.15, 0.2) is 88.2 Å². The summed E-state index contributed by atoms with van der Waals surface area (Å²) >= 11 is 0. The minimum absolute atomic E-state index is 0.0187. The highest BCUT2D eigenvalue weighted by Gasteiger charge is 2.30. The number of Topliss-reactive ketones (excluding diaryl/α,β-unsaturated/α-hetero) is 1. The van der Waals surface area contributed by atoms with Crippen molar-refractivity contribution in [2.24, 2.45) is 0 Å². The number of nitrogens with zero attached hydrogens (tertiary/aromatic N) is 1. The number of anilines is 1. The van der Waals surface area contributed by atoms with Gasteiger partial charge in [-0.15, -0.1) is 0 Å². The van der Waals surface area contributed by atoms with Crippen LogP contribution in [0.3, 0.4) is 0 Å². The number of amides is 1. The Morgan fingerprint density at radius 3 is 2.24 bits per heavy atom. The molecule has 4 rings (SSSR count). The molecule has 0 unspecified atom stereocenters. The number of carbonyl (C=O) groups excluding carboxylic acids is 2. The van der Waals surface area contributed by atoms with E-state index in [9.17, 15) is 18.0 Å². The number of benzene rings is 3. The molecule has 0 saturated carbocycles. The topological polar surface area (TPSA) is 84.7 Å². The molecule has 34 heavy (non-hydrogen) atoms. The number of aryl methyl sites for hydroxylation is 2. The summed E-state index contributed by atoms with van der Waals surface area (Å²) in [6, 6.07) is 19.9. The molecule has 0 bridgehead atoms. The summed E-state index contributed by atoms with van der Waals surface area (Å²) in [7, 11) is -4.25. The van der Waals surface area contributed by atoms with E-state index in [0.29, 0.717) is 22.3 Å². The van der Waals surface area contributed by atoms with Crippen LogP contribution in [0.4, 0.5) is 5.69 Å². The fraction of sp³-hybridized carbons (Fsp3) is 0.111. The smallest absolute Gasteiger partial charge is 0.271 e. The summed E-state index contributed by atoms with van der Waals surface area (Å²) in [6.07, 6.45) is 2.78. The first kappa shape index (κ1) is 23.2. The van der Waals surface area contributed by atoms with Gasteiger partial charge in [-0.1, -0.05) is 48.0 Å². The van der Waals surface area contributed by atoms with Crippen molar-refractivity contribution in [1.29, 1.82) is 0 Å². The molecule has 0 radical (unpaired) electrons. The molecule has 0 aliphatic carbocycles. The summed E-state index contributed by atoms with van der Waals surface area (Å²) in [5.74, 6) is -0.520. The van der Waals surface area contributed by atoms with E-state index in [2.05, 4.69) is 0 Å². The fourth-order valence-corrected chi connectivity index (χ4v) is 5.15. The third-order valence-electron chi connectivity index (χ3n) is 5.41. The average molecular weight is 474 g/mol. The number of sulfonamides is 1. The average Bonchev–Trinajstić information content (AvgIpc) is 3.14. The number of hydrogen-bond acceptors (Lipinski definition) is 5. The maximum Gasteiger partial charge on any atom is 0.271 e. The van der Waals surface area contributed by atoms with E-state index in [0.717, 1.165) is 15.4 Å². The molecular formula is C27H23NO5S. The number of hydrogen-bond donors (Lipinski definition) is 0. The Balaban J connectivity index is 1.88. The summed E-state index contributed by atoms with van der Waals surface area (Å²) < 4.78 is 33.7. The normalized spacial score (nSPS) is 11.7. The Morgan fingerprint density at radius 2 is 1.59 bits per heavy atom. The Labute approximate surface area is 198 Å². The lowest BCUT2D eigenvalue weighted by Crippen LogP contribution is -2.35. The minimum Gasteiger partial charge on any atom is -0.461 e. The predicted molar refractivity (Wildman–Crippen MR) is 132 cm³/mol. The molecule has 6 nitrogen and oxygen atoms in total. The summed E-state index contributed by atoms with van der Waals surface area (Å²) in [6.45, 7) is 4.93. The molecule has 1 heterocycles. The second-order valence-corrected chi connectivity index (χ2v) is 9.72. The third-order valence-corrected chi connectivity index (χ3v) is 7.15. The van der Waals surface area contributed by atoms with Gasteiger partial charge in [0.2, 0.25) is 0 Å². The summed E-state index contributed by atoms with van der Waals surface area (Å²) in [5.41, 5.74) is 2.55. The van der Waals surface area contributed by atoms with Gasteiger partial charge in [0.25, 0.3) is 15.9 Å². The van der Waals surface area contributed by atoms with Crippen molar-refractivity contribution < 1.29 is 22.4 Å². The second kappa shape index (κ2) is 9.11. The molecule has 0 aliphatic heterocycles. The molecule has 0 aliphatic rings. The lowest BCUT2D eigenvalue weighted by Gasteiger charge is -2.21. The predicted octanol–water partition coefficient (Wildman–Crippen LogP) is 5.69. The second-order valence-electron chi connectivity index (χ2n) is 7.93. The minimum atomic E-state index is -4.25. The number of ketones is 1. The molecule has 3 aromatic carbocycles. The van der Waals surface area contributed by atoms with Crippen LogP contribution in [-0.2, 0) is 14.8 Å². The van der Waals surface area contributed by atoms with Crippen LogP contribution in [0.1, 0.15) is 34.2 Å². The van der Waals surface area contributed by atoms with Gasteiger partial charge < -0.3 is 4.42 Å². The van der Waals surface area contributed by atoms with E-state index >= 15 is 0 Å². The van der Waals surface area contributed by atoms with Crippen molar-refractivity contribution in [2.75, 3.05) is 4.31 Å². The van der Waals surface area contributed by atoms with Gasteiger partial charge in [-0.25, -0.2) is 8.42 Å². The first-order chi connectivity index (χ1) is 16.2. The zero-order chi connectivity index (χ0) is 24.5. The Kier molecular flexibility index (Phi) is 6.22. The number of carbonyl (C=O) groups is 2. The quantitative estimate of drug-likeness (QED) is 0.265. The first-order valence-electron chi connectivity index (χ1n) is 10.6. The molecule has 172 valence electrons. The van der Waals surface area contributed by atoms with Crippen LogP contribution in [0.5, 0.6) is 0 Å². The Bertz CT molecular complexity index is 1510. The lowest BCUT2D eigenvalue weighted by atomic mass is 10.1. The van der Waals surface area contributed by atoms with Crippen molar-refractivity contribution >= 4 is 44.4 Å². The van der Waals surface area contributed by atoms with E-state index in [4.69, 9.17) is 4.42 Å². The highest BCUT2D eigenvalue weighted by atomic mass is 32.2. The van der Waals surface area contributed by atoms with Gasteiger partial charge in [0, 0.05) is 11.5 Å². The van der Waals surface area contributed by atoms with Crippen LogP contribution in [-0.4, -0.2) is 20.1 Å². The zero-order valence-electron chi connectivity index (χ0n) is 19.0. The van der Waals surface area contributed by atoms with E-state index < -0.39 is 15.9 Å². The molecule has 0 saturated heterocycles. The van der Waals surface area contributed by atoms with Gasteiger partial charge in [0.1, 0.15) is 11.3 Å². The molecule has 0 atom stereocenters. The number of furan rings is 1. The van der Waals surface area contributed by atoms with E-state index in [1.54, 1.807) is 31.2 Å². The molecule has 1 aromatic heterocycles. The lowest BCUT2D eigenvalue weighted by molar-refractivity contribution is -0.113. The third kappa shape index (κ3) is 4.43. The van der Waals surface area contributed by atoms with Gasteiger partial charge in [-0.3, -0.25) is 9.59 Å². The van der Waals surface area contributed by atoms with Crippen LogP contribution < -0.4 is 4.31 Å². The van der Waals surface area contributed by atoms with Crippen molar-refractivity contribution in [1.82, 2.24) is 0 Å². The fourth-order valence-electron chi connectivity index (χ4n) is 3.77. The molecule has 0 N–H and O–H groups in total. The van der Waals surface area contributed by atoms with Gasteiger partial charge in [0.05, 0.1) is 16.1 Å². The van der Waals surface area contributed by atoms with Gasteiger partial charge >= 0.3 is 0 Å². The highest BCUT2D eigenvalue weighted by Crippen LogP contribution is 2.32. The molecule has 0 spiro atoms. The monoisotopic (exact) mass is 473 g/mol. The van der Waals surface area contributed by atoms with Crippen LogP contribution in [0.2, 0.25) is 0 Å². The maximum absolute atomic E-state index is 13.6. The van der Waals surface area contributed by atoms with Crippen LogP contribution in [0, 0.1) is 13.8 Å². The van der Waals surface area contributed by atoms with Crippen molar-refractivity contribution in [2.45, 2.75) is 25.7 Å². The van der Waals surface area contributed by atoms with Gasteiger partial charge in [-0.2, -0.15) is 4.31 Å².